The summed E-state index contributed by atoms with van der Waals surface area (Å²) in [6.45, 7) is 2.01. The second-order valence-corrected chi connectivity index (χ2v) is 7.51. The van der Waals surface area contributed by atoms with Crippen molar-refractivity contribution in [3.63, 3.8) is 0 Å². The van der Waals surface area contributed by atoms with E-state index in [9.17, 15) is 34.8 Å². The highest BCUT2D eigenvalue weighted by molar-refractivity contribution is 7.86. The van der Waals surface area contributed by atoms with Crippen LogP contribution in [-0.4, -0.2) is 14.6 Å². The summed E-state index contributed by atoms with van der Waals surface area (Å²) in [6, 6.07) is 7.09. The molecule has 0 aliphatic heterocycles. The van der Waals surface area contributed by atoms with Crippen molar-refractivity contribution in [3.05, 3.63) is 65.2 Å². The second-order valence-electron chi connectivity index (χ2n) is 5.96. The molecule has 2 aromatic carbocycles. The van der Waals surface area contributed by atoms with Crippen LogP contribution in [0.5, 0.6) is 0 Å². The minimum Gasteiger partial charge on any atom is -0.245 e. The zero-order valence-corrected chi connectivity index (χ0v) is 14.8. The molecule has 1 atom stereocenters. The molecule has 0 N–H and O–H groups in total. The van der Waals surface area contributed by atoms with Gasteiger partial charge >= 0.3 is 12.4 Å². The van der Waals surface area contributed by atoms with Crippen LogP contribution < -0.4 is 0 Å². The molecule has 0 bridgehead atoms. The second kappa shape index (κ2) is 6.83. The molecule has 10 heteroatoms. The van der Waals surface area contributed by atoms with Gasteiger partial charge in [-0.3, -0.25) is 0 Å². The average Bonchev–Trinajstić information content (AvgIpc) is 2.53. The van der Waals surface area contributed by atoms with Crippen LogP contribution in [0.1, 0.15) is 23.6 Å². The van der Waals surface area contributed by atoms with Gasteiger partial charge in [-0.15, -0.1) is 0 Å². The van der Waals surface area contributed by atoms with Crippen LogP contribution in [-0.2, 0) is 26.1 Å². The summed E-state index contributed by atoms with van der Waals surface area (Å²) >= 11 is 0. The van der Waals surface area contributed by atoms with Gasteiger partial charge in [-0.25, -0.2) is 4.18 Å². The van der Waals surface area contributed by atoms with E-state index in [-0.39, 0.29) is 6.07 Å². The van der Waals surface area contributed by atoms with Crippen LogP contribution in [0.2, 0.25) is 0 Å². The fourth-order valence-corrected chi connectivity index (χ4v) is 3.42. The molecule has 0 aromatic heterocycles. The Morgan fingerprint density at radius 2 is 1.37 bits per heavy atom. The van der Waals surface area contributed by atoms with Gasteiger partial charge < -0.3 is 0 Å². The van der Waals surface area contributed by atoms with Crippen LogP contribution in [0, 0.1) is 6.92 Å². The standard InChI is InChI=1S/C17H14F6O3S/c1-11-6-8-14(9-7-11)27(24,25)26-15(2,17(21,22)23)12-4-3-5-13(10-12)16(18,19)20/h3-10H,1-2H3. The highest BCUT2D eigenvalue weighted by atomic mass is 32.2. The lowest BCUT2D eigenvalue weighted by Gasteiger charge is -2.32. The monoisotopic (exact) mass is 412 g/mol. The summed E-state index contributed by atoms with van der Waals surface area (Å²) in [5.41, 5.74) is -5.20. The third-order valence-electron chi connectivity index (χ3n) is 3.87. The fraction of sp³-hybridized carbons (Fsp3) is 0.294. The number of hydrogen-bond acceptors (Lipinski definition) is 3. The van der Waals surface area contributed by atoms with E-state index in [0.29, 0.717) is 18.6 Å². The quantitative estimate of drug-likeness (QED) is 0.512. The maximum Gasteiger partial charge on any atom is 0.422 e. The molecule has 0 spiro atoms. The van der Waals surface area contributed by atoms with Crippen LogP contribution in [0.4, 0.5) is 26.3 Å². The van der Waals surface area contributed by atoms with Crippen molar-refractivity contribution in [2.24, 2.45) is 0 Å². The molecular weight excluding hydrogens is 398 g/mol. The minimum atomic E-state index is -5.31. The van der Waals surface area contributed by atoms with Crippen molar-refractivity contribution < 1.29 is 38.9 Å². The van der Waals surface area contributed by atoms with E-state index < -0.39 is 44.1 Å². The van der Waals surface area contributed by atoms with Gasteiger partial charge in [0.15, 0.2) is 0 Å². The average molecular weight is 412 g/mol. The number of rotatable bonds is 4. The lowest BCUT2D eigenvalue weighted by molar-refractivity contribution is -0.246. The molecule has 0 fully saturated rings. The first-order chi connectivity index (χ1) is 12.2. The molecule has 148 valence electrons. The summed E-state index contributed by atoms with van der Waals surface area (Å²) in [5, 5.41) is 0. The van der Waals surface area contributed by atoms with Gasteiger partial charge in [0.25, 0.3) is 10.1 Å². The first-order valence-electron chi connectivity index (χ1n) is 7.43. The first kappa shape index (κ1) is 21.2. The third-order valence-corrected chi connectivity index (χ3v) is 5.27. The summed E-state index contributed by atoms with van der Waals surface area (Å²) in [7, 11) is -4.92. The van der Waals surface area contributed by atoms with Gasteiger partial charge in [-0.05, 0) is 43.7 Å². The van der Waals surface area contributed by atoms with E-state index in [4.69, 9.17) is 0 Å². The highest BCUT2D eigenvalue weighted by Gasteiger charge is 2.57. The summed E-state index contributed by atoms with van der Waals surface area (Å²) in [5.74, 6) is 0. The van der Waals surface area contributed by atoms with Crippen molar-refractivity contribution in [3.8, 4) is 0 Å². The van der Waals surface area contributed by atoms with Gasteiger partial charge in [0.2, 0.25) is 5.60 Å². The summed E-state index contributed by atoms with van der Waals surface area (Å²) < 4.78 is 109. The summed E-state index contributed by atoms with van der Waals surface area (Å²) in [4.78, 5) is -0.546. The van der Waals surface area contributed by atoms with E-state index in [1.165, 1.54) is 12.1 Å². The van der Waals surface area contributed by atoms with Crippen molar-refractivity contribution in [2.75, 3.05) is 0 Å². The molecule has 0 aliphatic carbocycles. The van der Waals surface area contributed by atoms with Gasteiger partial charge in [0.1, 0.15) is 0 Å². The van der Waals surface area contributed by atoms with Gasteiger partial charge in [-0.1, -0.05) is 29.8 Å². The number of benzene rings is 2. The maximum atomic E-state index is 13.7. The van der Waals surface area contributed by atoms with Crippen LogP contribution in [0.15, 0.2) is 53.4 Å². The van der Waals surface area contributed by atoms with Gasteiger partial charge in [0, 0.05) is 0 Å². The van der Waals surface area contributed by atoms with E-state index in [2.05, 4.69) is 4.18 Å². The number of aryl methyl sites for hydroxylation is 1. The van der Waals surface area contributed by atoms with Crippen LogP contribution in [0.3, 0.4) is 0 Å². The molecule has 3 nitrogen and oxygen atoms in total. The van der Waals surface area contributed by atoms with E-state index >= 15 is 0 Å². The normalized spacial score (nSPS) is 15.4. The number of alkyl halides is 6. The molecule has 27 heavy (non-hydrogen) atoms. The topological polar surface area (TPSA) is 43.4 Å². The van der Waals surface area contributed by atoms with Gasteiger partial charge in [0.05, 0.1) is 10.5 Å². The molecule has 0 saturated carbocycles. The summed E-state index contributed by atoms with van der Waals surface area (Å²) in [6.07, 6.45) is -10.2. The Labute approximate surface area is 151 Å². The van der Waals surface area contributed by atoms with Crippen molar-refractivity contribution >= 4 is 10.1 Å². The Hall–Kier alpha value is -2.07. The zero-order valence-electron chi connectivity index (χ0n) is 14.0. The van der Waals surface area contributed by atoms with Crippen molar-refractivity contribution in [1.82, 2.24) is 0 Å². The smallest absolute Gasteiger partial charge is 0.245 e. The zero-order chi connectivity index (χ0) is 20.7. The molecule has 0 saturated heterocycles. The molecule has 0 radical (unpaired) electrons. The Bertz CT molecular complexity index is 917. The van der Waals surface area contributed by atoms with Crippen molar-refractivity contribution in [1.29, 1.82) is 0 Å². The number of halogens is 6. The maximum absolute atomic E-state index is 13.7. The van der Waals surface area contributed by atoms with E-state index in [0.717, 1.165) is 24.3 Å². The predicted octanol–water partition coefficient (Wildman–Crippen LogP) is 5.20. The Morgan fingerprint density at radius 3 is 1.85 bits per heavy atom. The molecule has 0 aliphatic rings. The highest BCUT2D eigenvalue weighted by Crippen LogP contribution is 2.45. The lowest BCUT2D eigenvalue weighted by Crippen LogP contribution is -2.43. The fourth-order valence-electron chi connectivity index (χ4n) is 2.22. The van der Waals surface area contributed by atoms with E-state index in [1.807, 2.05) is 0 Å². The third kappa shape index (κ3) is 4.44. The molecule has 0 heterocycles. The molecule has 2 aromatic rings. The predicted molar refractivity (Wildman–Crippen MR) is 84.3 cm³/mol. The molecule has 1 unspecified atom stereocenters. The minimum absolute atomic E-state index is 0.220. The molecule has 2 rings (SSSR count). The van der Waals surface area contributed by atoms with Gasteiger partial charge in [-0.2, -0.15) is 34.8 Å². The van der Waals surface area contributed by atoms with Crippen molar-refractivity contribution in [2.45, 2.75) is 36.7 Å². The Morgan fingerprint density at radius 1 is 0.852 bits per heavy atom. The van der Waals surface area contributed by atoms with Crippen LogP contribution in [0.25, 0.3) is 0 Å². The number of hydrogen-bond donors (Lipinski definition) is 0. The Kier molecular flexibility index (Phi) is 5.37. The largest absolute Gasteiger partial charge is 0.422 e. The Balaban J connectivity index is 2.57. The molecular formula is C17H14F6O3S. The SMILES string of the molecule is Cc1ccc(S(=O)(=O)OC(C)(c2cccc(C(F)(F)F)c2)C(F)(F)F)cc1. The van der Waals surface area contributed by atoms with E-state index in [1.54, 1.807) is 6.92 Å². The van der Waals surface area contributed by atoms with Crippen LogP contribution >= 0.6 is 0 Å². The molecule has 0 amide bonds. The lowest BCUT2D eigenvalue weighted by atomic mass is 9.94. The first-order valence-corrected chi connectivity index (χ1v) is 8.84.